The third-order valence-corrected chi connectivity index (χ3v) is 10.6. The molecule has 6 aromatic carbocycles. The number of rotatable bonds is 12. The monoisotopic (exact) mass is 904 g/mol. The third kappa shape index (κ3) is 12.2. The van der Waals surface area contributed by atoms with Crippen molar-refractivity contribution >= 4 is 47.2 Å². The van der Waals surface area contributed by atoms with E-state index in [-0.39, 0.29) is 114 Å². The molecule has 0 amide bonds. The average Bonchev–Trinajstić information content (AvgIpc) is 3.51. The Morgan fingerprint density at radius 3 is 1.26 bits per heavy atom. The van der Waals surface area contributed by atoms with Gasteiger partial charge in [-0.2, -0.15) is 6.21 Å². The summed E-state index contributed by atoms with van der Waals surface area (Å²) in [5.74, 6) is -2.55. The van der Waals surface area contributed by atoms with Crippen molar-refractivity contribution in [3.05, 3.63) is 212 Å². The molecule has 0 unspecified atom stereocenters. The molecule has 0 aliphatic heterocycles. The maximum Gasteiger partial charge on any atom is 1.00 e. The largest absolute Gasteiger partial charge is 1.00 e. The first-order valence-corrected chi connectivity index (χ1v) is 20.6. The minimum Gasteiger partial charge on any atom is -0.428 e. The Labute approximate surface area is 467 Å². The summed E-state index contributed by atoms with van der Waals surface area (Å²) >= 11 is 0. The van der Waals surface area contributed by atoms with Crippen LogP contribution in [0, 0.1) is 68.5 Å². The summed E-state index contributed by atoms with van der Waals surface area (Å²) in [7, 11) is 0. The van der Waals surface area contributed by atoms with Gasteiger partial charge in [-0.3, -0.25) is 4.79 Å². The number of hydrogen-bond acceptors (Lipinski definition) is 6. The molecule has 65 heavy (non-hydrogen) atoms. The molecule has 0 N–H and O–H groups in total. The van der Waals surface area contributed by atoms with Gasteiger partial charge >= 0.3 is 103 Å². The van der Waals surface area contributed by atoms with Crippen molar-refractivity contribution in [2.75, 3.05) is 0 Å². The molecule has 6 aromatic rings. The van der Waals surface area contributed by atoms with E-state index in [1.54, 1.807) is 48.5 Å². The van der Waals surface area contributed by atoms with Gasteiger partial charge in [0.15, 0.2) is 5.78 Å². The summed E-state index contributed by atoms with van der Waals surface area (Å²) in [6, 6.07) is 37.2. The van der Waals surface area contributed by atoms with Crippen molar-refractivity contribution in [1.29, 1.82) is 0 Å². The minimum absolute atomic E-state index is 0. The van der Waals surface area contributed by atoms with Crippen LogP contribution in [-0.4, -0.2) is 47.2 Å². The van der Waals surface area contributed by atoms with E-state index in [1.165, 1.54) is 6.54 Å². The Balaban J connectivity index is 0.00000397. The molecular formula is C55H46K2N4O4-2. The fourth-order valence-electron chi connectivity index (χ4n) is 8.19. The number of carbonyl (C=O) groups excluding carboxylic acids is 4. The first-order chi connectivity index (χ1) is 30.1. The van der Waals surface area contributed by atoms with Gasteiger partial charge < -0.3 is 34.4 Å². The van der Waals surface area contributed by atoms with E-state index >= 15 is 0 Å². The number of nitrogens with zero attached hydrogens (tertiary/aromatic N) is 4. The Kier molecular flexibility index (Phi) is 17.9. The zero-order valence-electron chi connectivity index (χ0n) is 38.6. The van der Waals surface area contributed by atoms with Crippen LogP contribution in [0.2, 0.25) is 0 Å². The zero-order chi connectivity index (χ0) is 45.0. The predicted octanol–water partition coefficient (Wildman–Crippen LogP) is 4.98. The molecule has 0 heterocycles. The number of benzene rings is 6. The normalized spacial score (nSPS) is 12.8. The van der Waals surface area contributed by atoms with E-state index in [0.29, 0.717) is 33.4 Å². The molecule has 314 valence electrons. The van der Waals surface area contributed by atoms with Crippen molar-refractivity contribution in [2.24, 2.45) is 20.0 Å². The van der Waals surface area contributed by atoms with Gasteiger partial charge in [0, 0.05) is 17.0 Å². The standard InChI is InChI=1S/C55H46N4O4.2K/c1-33-17-34(2)22-41(21-33)49(60)29-56-53(51(62)43-25-37(5)19-38(6)26-43)58-31-55(47-15-11-9-13-45(47)46-14-10-12-16-48(46)55)32-59-54(52(63)44-27-39(7)20-40(8)28-44)57-30-50(61)42-23-35(3)18-36(4)24-42;;/h9-29,32H,1-8H3;;/q-4;2*+1. The molecule has 0 atom stereocenters. The van der Waals surface area contributed by atoms with E-state index < -0.39 is 28.5 Å². The molecule has 1 aliphatic carbocycles. The molecule has 0 radical (unpaired) electrons. The van der Waals surface area contributed by atoms with Crippen LogP contribution < -0.4 is 103 Å². The number of fused-ring (bicyclic) bond motifs is 3. The summed E-state index contributed by atoms with van der Waals surface area (Å²) in [6.07, 6.45) is 5.83. The number of Topliss-reactive ketones (excluding diaryl/α,β-unsaturated/α-hetero) is 4. The van der Waals surface area contributed by atoms with Crippen LogP contribution >= 0.6 is 0 Å². The van der Waals surface area contributed by atoms with Crippen LogP contribution in [0.5, 0.6) is 0 Å². The maximum absolute atomic E-state index is 14.4. The molecule has 0 saturated carbocycles. The molecule has 1 aliphatic rings. The second-order valence-corrected chi connectivity index (χ2v) is 16.4. The van der Waals surface area contributed by atoms with Crippen LogP contribution in [0.1, 0.15) is 97.1 Å². The molecule has 10 heteroatoms. The van der Waals surface area contributed by atoms with Crippen LogP contribution in [0.15, 0.2) is 141 Å². The fourth-order valence-corrected chi connectivity index (χ4v) is 8.19. The van der Waals surface area contributed by atoms with E-state index in [2.05, 4.69) is 22.4 Å². The maximum atomic E-state index is 14.4. The first-order valence-electron chi connectivity index (χ1n) is 20.6. The number of aliphatic imine (C=N–C) groups is 4. The quantitative estimate of drug-likeness (QED) is 0.0567. The number of aryl methyl sites for hydroxylation is 8. The molecule has 0 spiro atoms. The van der Waals surface area contributed by atoms with E-state index in [4.69, 9.17) is 9.98 Å². The van der Waals surface area contributed by atoms with Gasteiger partial charge in [-0.1, -0.05) is 140 Å². The van der Waals surface area contributed by atoms with E-state index in [1.807, 2.05) is 128 Å². The van der Waals surface area contributed by atoms with Gasteiger partial charge in [0.25, 0.3) is 0 Å². The van der Waals surface area contributed by atoms with Gasteiger partial charge in [0.05, 0.1) is 17.4 Å². The van der Waals surface area contributed by atoms with Crippen molar-refractivity contribution in [3.63, 3.8) is 0 Å². The Bertz CT molecular complexity index is 2850. The molecule has 0 saturated heterocycles. The molecular weight excluding hydrogens is 859 g/mol. The average molecular weight is 905 g/mol. The summed E-state index contributed by atoms with van der Waals surface area (Å²) in [6.45, 7) is 17.8. The first kappa shape index (κ1) is 51.7. The third-order valence-electron chi connectivity index (χ3n) is 10.6. The van der Waals surface area contributed by atoms with Crippen LogP contribution in [0.25, 0.3) is 11.1 Å². The summed E-state index contributed by atoms with van der Waals surface area (Å²) in [5.41, 5.74) is 10.3. The summed E-state index contributed by atoms with van der Waals surface area (Å²) in [4.78, 5) is 74.3. The van der Waals surface area contributed by atoms with Crippen LogP contribution in [0.3, 0.4) is 0 Å². The van der Waals surface area contributed by atoms with Crippen LogP contribution in [0.4, 0.5) is 0 Å². The van der Waals surface area contributed by atoms with Crippen LogP contribution in [-0.2, 0) is 5.41 Å². The number of hydrogen-bond donors (Lipinski definition) is 0. The smallest absolute Gasteiger partial charge is 0.428 e. The number of amidine groups is 2. The van der Waals surface area contributed by atoms with Gasteiger partial charge in [-0.05, 0) is 109 Å². The topological polar surface area (TPSA) is 118 Å². The van der Waals surface area contributed by atoms with Crippen molar-refractivity contribution in [1.82, 2.24) is 0 Å². The number of ketones is 4. The van der Waals surface area contributed by atoms with Crippen molar-refractivity contribution < 1.29 is 122 Å². The number of carbonyl (C=O) groups is 4. The van der Waals surface area contributed by atoms with Gasteiger partial charge in [-0.25, -0.2) is 0 Å². The molecule has 7 rings (SSSR count). The summed E-state index contributed by atoms with van der Waals surface area (Å²) in [5, 5.41) is 0. The Hall–Kier alpha value is -4.31. The Morgan fingerprint density at radius 2 is 0.831 bits per heavy atom. The second-order valence-electron chi connectivity index (χ2n) is 16.4. The van der Waals surface area contributed by atoms with Gasteiger partial charge in [-0.15, -0.1) is 30.8 Å². The zero-order valence-corrected chi connectivity index (χ0v) is 44.9. The van der Waals surface area contributed by atoms with Gasteiger partial charge in [0.1, 0.15) is 5.78 Å². The molecule has 0 bridgehead atoms. The fraction of sp³-hybridized carbons (Fsp3) is 0.164. The molecule has 8 nitrogen and oxygen atoms in total. The second kappa shape index (κ2) is 22.5. The van der Waals surface area contributed by atoms with E-state index in [0.717, 1.165) is 62.2 Å². The Morgan fingerprint density at radius 1 is 0.462 bits per heavy atom. The summed E-state index contributed by atoms with van der Waals surface area (Å²) < 4.78 is 0. The molecule has 0 fully saturated rings. The SMILES string of the molecule is Cc1cc(C)cc(C(=O)[C-]=NC(=N[CH-]C2([C-]=NC(=N[CH-]C(=O)c3cc(C)cc(C)c3)C(=O)c3cc(C)cc(C)c3)c3ccccc3-c3ccccc32)C(=O)c2cc(C)cc(C)c2)c1.[K+].[K+]. The minimum atomic E-state index is -1.42. The van der Waals surface area contributed by atoms with Crippen molar-refractivity contribution in [2.45, 2.75) is 60.8 Å². The van der Waals surface area contributed by atoms with Crippen molar-refractivity contribution in [3.8, 4) is 11.1 Å². The van der Waals surface area contributed by atoms with Gasteiger partial charge in [0.2, 0.25) is 0 Å². The predicted molar refractivity (Wildman–Crippen MR) is 252 cm³/mol. The van der Waals surface area contributed by atoms with E-state index in [9.17, 15) is 19.2 Å². The molecule has 0 aromatic heterocycles.